The molecule has 0 unspecified atom stereocenters. The van der Waals surface area contributed by atoms with Gasteiger partial charge in [0, 0.05) is 17.8 Å². The summed E-state index contributed by atoms with van der Waals surface area (Å²) in [5.41, 5.74) is 4.39. The normalized spacial score (nSPS) is 14.1. The molecule has 3 rings (SSSR count). The monoisotopic (exact) mass is 279 g/mol. The average Bonchev–Trinajstić information content (AvgIpc) is 2.53. The Labute approximate surface area is 126 Å². The van der Waals surface area contributed by atoms with Crippen molar-refractivity contribution >= 4 is 11.6 Å². The van der Waals surface area contributed by atoms with Crippen molar-refractivity contribution in [2.75, 3.05) is 11.4 Å². The number of fused-ring (bicyclic) bond motifs is 1. The van der Waals surface area contributed by atoms with Crippen LogP contribution in [-0.4, -0.2) is 12.5 Å². The molecule has 0 spiro atoms. The molecule has 0 saturated carbocycles. The van der Waals surface area contributed by atoms with Crippen LogP contribution in [0.5, 0.6) is 0 Å². The van der Waals surface area contributed by atoms with Crippen molar-refractivity contribution in [2.45, 2.75) is 32.6 Å². The smallest absolute Gasteiger partial charge is 0.258 e. The predicted octanol–water partition coefficient (Wildman–Crippen LogP) is 4.40. The second-order valence-corrected chi connectivity index (χ2v) is 5.97. The molecule has 1 aliphatic rings. The van der Waals surface area contributed by atoms with Gasteiger partial charge in [-0.05, 0) is 48.1 Å². The third-order valence-electron chi connectivity index (χ3n) is 4.18. The maximum atomic E-state index is 12.8. The summed E-state index contributed by atoms with van der Waals surface area (Å²) in [6.45, 7) is 5.14. The zero-order valence-corrected chi connectivity index (χ0v) is 12.7. The Kier molecular flexibility index (Phi) is 3.78. The van der Waals surface area contributed by atoms with E-state index in [0.29, 0.717) is 5.92 Å². The van der Waals surface area contributed by atoms with Gasteiger partial charge in [0.05, 0.1) is 0 Å². The number of hydrogen-bond acceptors (Lipinski definition) is 1. The summed E-state index contributed by atoms with van der Waals surface area (Å²) in [6.07, 6.45) is 2.10. The van der Waals surface area contributed by atoms with Crippen molar-refractivity contribution in [3.63, 3.8) is 0 Å². The molecular formula is C19H21NO. The number of carbonyl (C=O) groups excluding carboxylic acids is 1. The number of rotatable bonds is 2. The molecule has 21 heavy (non-hydrogen) atoms. The third kappa shape index (κ3) is 2.71. The van der Waals surface area contributed by atoms with Gasteiger partial charge in [-0.3, -0.25) is 4.79 Å². The van der Waals surface area contributed by atoms with E-state index in [1.165, 1.54) is 11.1 Å². The molecule has 0 aromatic heterocycles. The van der Waals surface area contributed by atoms with Crippen LogP contribution in [0.25, 0.3) is 0 Å². The standard InChI is InChI=1S/C19H21NO/c1-14(2)15-9-11-17(12-10-15)19(21)20-13-5-7-16-6-3-4-8-18(16)20/h3-4,6,8-12,14H,5,7,13H2,1-2H3. The van der Waals surface area contributed by atoms with Crippen LogP contribution in [0.4, 0.5) is 5.69 Å². The highest BCUT2D eigenvalue weighted by Crippen LogP contribution is 2.28. The molecule has 1 heterocycles. The van der Waals surface area contributed by atoms with E-state index in [2.05, 4.69) is 38.1 Å². The van der Waals surface area contributed by atoms with E-state index in [1.807, 2.05) is 29.2 Å². The van der Waals surface area contributed by atoms with Crippen LogP contribution in [0, 0.1) is 0 Å². The van der Waals surface area contributed by atoms with Crippen molar-refractivity contribution in [3.8, 4) is 0 Å². The lowest BCUT2D eigenvalue weighted by molar-refractivity contribution is 0.0985. The minimum absolute atomic E-state index is 0.109. The van der Waals surface area contributed by atoms with Gasteiger partial charge >= 0.3 is 0 Å². The molecule has 108 valence electrons. The summed E-state index contributed by atoms with van der Waals surface area (Å²) in [6, 6.07) is 16.3. The lowest BCUT2D eigenvalue weighted by Gasteiger charge is -2.29. The highest BCUT2D eigenvalue weighted by Gasteiger charge is 2.23. The Hall–Kier alpha value is -2.09. The molecule has 0 saturated heterocycles. The summed E-state index contributed by atoms with van der Waals surface area (Å²) in [5.74, 6) is 0.599. The fraction of sp³-hybridized carbons (Fsp3) is 0.316. The van der Waals surface area contributed by atoms with Gasteiger partial charge in [0.2, 0.25) is 0 Å². The summed E-state index contributed by atoms with van der Waals surface area (Å²) in [7, 11) is 0. The number of anilines is 1. The molecule has 0 bridgehead atoms. The Morgan fingerprint density at radius 1 is 1.05 bits per heavy atom. The average molecular weight is 279 g/mol. The fourth-order valence-electron chi connectivity index (χ4n) is 2.91. The Bertz CT molecular complexity index is 643. The maximum Gasteiger partial charge on any atom is 0.258 e. The molecule has 1 amide bonds. The van der Waals surface area contributed by atoms with Crippen molar-refractivity contribution in [2.24, 2.45) is 0 Å². The highest BCUT2D eigenvalue weighted by atomic mass is 16.2. The topological polar surface area (TPSA) is 20.3 Å². The van der Waals surface area contributed by atoms with E-state index in [9.17, 15) is 4.79 Å². The van der Waals surface area contributed by atoms with Gasteiger partial charge in [-0.15, -0.1) is 0 Å². The Balaban J connectivity index is 1.89. The van der Waals surface area contributed by atoms with Crippen LogP contribution >= 0.6 is 0 Å². The number of amides is 1. The first-order valence-electron chi connectivity index (χ1n) is 7.66. The molecule has 2 aromatic carbocycles. The molecular weight excluding hydrogens is 258 g/mol. The van der Waals surface area contributed by atoms with Gasteiger partial charge in [-0.25, -0.2) is 0 Å². The maximum absolute atomic E-state index is 12.8. The minimum atomic E-state index is 0.109. The molecule has 0 atom stereocenters. The van der Waals surface area contributed by atoms with Crippen LogP contribution in [0.15, 0.2) is 48.5 Å². The molecule has 2 nitrogen and oxygen atoms in total. The lowest BCUT2D eigenvalue weighted by atomic mass is 9.99. The molecule has 1 aliphatic heterocycles. The van der Waals surface area contributed by atoms with Gasteiger partial charge in [-0.1, -0.05) is 44.2 Å². The van der Waals surface area contributed by atoms with E-state index < -0.39 is 0 Å². The Morgan fingerprint density at radius 2 is 1.76 bits per heavy atom. The van der Waals surface area contributed by atoms with Gasteiger partial charge in [0.25, 0.3) is 5.91 Å². The number of para-hydroxylation sites is 1. The second kappa shape index (κ2) is 5.72. The zero-order valence-electron chi connectivity index (χ0n) is 12.7. The number of nitrogens with zero attached hydrogens (tertiary/aromatic N) is 1. The van der Waals surface area contributed by atoms with Gasteiger partial charge < -0.3 is 4.90 Å². The van der Waals surface area contributed by atoms with E-state index in [-0.39, 0.29) is 5.91 Å². The molecule has 0 fully saturated rings. The first kappa shape index (κ1) is 13.9. The minimum Gasteiger partial charge on any atom is -0.308 e. The van der Waals surface area contributed by atoms with Crippen LogP contribution < -0.4 is 4.90 Å². The van der Waals surface area contributed by atoms with Crippen molar-refractivity contribution in [1.82, 2.24) is 0 Å². The summed E-state index contributed by atoms with van der Waals surface area (Å²) in [4.78, 5) is 14.7. The van der Waals surface area contributed by atoms with Crippen LogP contribution in [0.1, 0.15) is 47.7 Å². The summed E-state index contributed by atoms with van der Waals surface area (Å²) < 4.78 is 0. The van der Waals surface area contributed by atoms with Gasteiger partial charge in [0.1, 0.15) is 0 Å². The number of aryl methyl sites for hydroxylation is 1. The van der Waals surface area contributed by atoms with Crippen LogP contribution in [0.3, 0.4) is 0 Å². The van der Waals surface area contributed by atoms with Gasteiger partial charge in [0.15, 0.2) is 0 Å². The summed E-state index contributed by atoms with van der Waals surface area (Å²) in [5, 5.41) is 0. The molecule has 2 heteroatoms. The summed E-state index contributed by atoms with van der Waals surface area (Å²) >= 11 is 0. The second-order valence-electron chi connectivity index (χ2n) is 5.97. The quantitative estimate of drug-likeness (QED) is 0.797. The molecule has 2 aromatic rings. The van der Waals surface area contributed by atoms with Gasteiger partial charge in [-0.2, -0.15) is 0 Å². The number of benzene rings is 2. The lowest BCUT2D eigenvalue weighted by Crippen LogP contribution is -2.35. The fourth-order valence-corrected chi connectivity index (χ4v) is 2.91. The molecule has 0 aliphatic carbocycles. The Morgan fingerprint density at radius 3 is 2.48 bits per heavy atom. The van der Waals surface area contributed by atoms with E-state index in [0.717, 1.165) is 30.6 Å². The number of carbonyl (C=O) groups is 1. The van der Waals surface area contributed by atoms with E-state index in [1.54, 1.807) is 0 Å². The molecule has 0 radical (unpaired) electrons. The SMILES string of the molecule is CC(C)c1ccc(C(=O)N2CCCc3ccccc32)cc1. The van der Waals surface area contributed by atoms with E-state index >= 15 is 0 Å². The first-order valence-corrected chi connectivity index (χ1v) is 7.66. The van der Waals surface area contributed by atoms with Crippen LogP contribution in [-0.2, 0) is 6.42 Å². The largest absolute Gasteiger partial charge is 0.308 e. The zero-order chi connectivity index (χ0) is 14.8. The van der Waals surface area contributed by atoms with Crippen LogP contribution in [0.2, 0.25) is 0 Å². The molecule has 0 N–H and O–H groups in total. The third-order valence-corrected chi connectivity index (χ3v) is 4.18. The first-order chi connectivity index (χ1) is 10.2. The van der Waals surface area contributed by atoms with E-state index in [4.69, 9.17) is 0 Å². The highest BCUT2D eigenvalue weighted by molar-refractivity contribution is 6.06. The van der Waals surface area contributed by atoms with Crippen molar-refractivity contribution in [1.29, 1.82) is 0 Å². The number of hydrogen-bond donors (Lipinski definition) is 0. The predicted molar refractivity (Wildman–Crippen MR) is 87.0 cm³/mol. The van der Waals surface area contributed by atoms with Crippen molar-refractivity contribution in [3.05, 3.63) is 65.2 Å². The van der Waals surface area contributed by atoms with Crippen molar-refractivity contribution < 1.29 is 4.79 Å².